The van der Waals surface area contributed by atoms with E-state index in [-0.39, 0.29) is 17.4 Å². The number of carbonyl (C=O) groups is 4. The first-order chi connectivity index (χ1) is 22.3. The van der Waals surface area contributed by atoms with Crippen LogP contribution in [0.25, 0.3) is 32.3 Å². The monoisotopic (exact) mass is 626 g/mol. The van der Waals surface area contributed by atoms with Crippen molar-refractivity contribution in [1.29, 1.82) is 0 Å². The first-order valence-electron chi connectivity index (χ1n) is 14.2. The zero-order chi connectivity index (χ0) is 32.2. The number of ether oxygens (including phenoxy) is 1. The van der Waals surface area contributed by atoms with Crippen molar-refractivity contribution in [1.82, 2.24) is 0 Å². The minimum Gasteiger partial charge on any atom is -0.478 e. The highest BCUT2D eigenvalue weighted by molar-refractivity contribution is 7.19. The van der Waals surface area contributed by atoms with Crippen LogP contribution in [0.2, 0.25) is 0 Å². The summed E-state index contributed by atoms with van der Waals surface area (Å²) in [6, 6.07) is 35.3. The van der Waals surface area contributed by atoms with Crippen molar-refractivity contribution in [2.45, 2.75) is 0 Å². The molecule has 5 aromatic carbocycles. The molecule has 0 aliphatic heterocycles. The first-order valence-corrected chi connectivity index (χ1v) is 15.0. The molecule has 46 heavy (non-hydrogen) atoms. The summed E-state index contributed by atoms with van der Waals surface area (Å²) in [6.45, 7) is 0. The molecule has 9 heteroatoms. The number of carboxylic acids is 1. The van der Waals surface area contributed by atoms with Crippen molar-refractivity contribution >= 4 is 56.6 Å². The minimum absolute atomic E-state index is 0.170. The predicted molar refractivity (Wildman–Crippen MR) is 180 cm³/mol. The lowest BCUT2D eigenvalue weighted by atomic mass is 10.0. The van der Waals surface area contributed by atoms with E-state index >= 15 is 0 Å². The lowest BCUT2D eigenvalue weighted by molar-refractivity contribution is 0.0599. The van der Waals surface area contributed by atoms with E-state index in [0.717, 1.165) is 21.6 Å². The van der Waals surface area contributed by atoms with Crippen LogP contribution in [0.15, 0.2) is 121 Å². The quantitative estimate of drug-likeness (QED) is 0.146. The maximum Gasteiger partial charge on any atom is 0.337 e. The molecule has 0 unspecified atom stereocenters. The fraction of sp³-hybridized carbons (Fsp3) is 0.0270. The highest BCUT2D eigenvalue weighted by Gasteiger charge is 2.15. The minimum atomic E-state index is -1.03. The van der Waals surface area contributed by atoms with Gasteiger partial charge in [0.2, 0.25) is 0 Å². The number of carboxylic acid groups (broad SMARTS) is 1. The van der Waals surface area contributed by atoms with E-state index in [1.54, 1.807) is 66.7 Å². The van der Waals surface area contributed by atoms with Crippen molar-refractivity contribution in [3.05, 3.63) is 144 Å². The number of esters is 1. The van der Waals surface area contributed by atoms with Crippen LogP contribution in [0.4, 0.5) is 10.7 Å². The van der Waals surface area contributed by atoms with Gasteiger partial charge in [0, 0.05) is 27.1 Å². The second-order valence-electron chi connectivity index (χ2n) is 10.3. The van der Waals surface area contributed by atoms with Crippen LogP contribution in [-0.2, 0) is 4.74 Å². The molecule has 6 aromatic rings. The van der Waals surface area contributed by atoms with Gasteiger partial charge in [0.1, 0.15) is 0 Å². The summed E-state index contributed by atoms with van der Waals surface area (Å²) >= 11 is 1.42. The van der Waals surface area contributed by atoms with Crippen LogP contribution in [0, 0.1) is 0 Å². The Balaban J connectivity index is 1.10. The van der Waals surface area contributed by atoms with E-state index < -0.39 is 11.9 Å². The number of rotatable bonds is 8. The van der Waals surface area contributed by atoms with Gasteiger partial charge in [-0.2, -0.15) is 0 Å². The standard InChI is InChI=1S/C37H26N2O6S/c1-45-37(44)27-16-8-23(9-17-27)22-6-12-26(13-7-22)35(41)39-33-21-20-32(46-33)24-10-14-25(15-11-24)34(40)38-31-19-18-30(36(42)43)28-4-2-3-5-29(28)31/h2-21H,1H3,(H,38,40)(H,39,41)(H,42,43). The summed E-state index contributed by atoms with van der Waals surface area (Å²) in [5.74, 6) is -1.98. The average Bonchev–Trinajstić information content (AvgIpc) is 3.56. The molecular formula is C37H26N2O6S. The number of benzene rings is 5. The van der Waals surface area contributed by atoms with Crippen LogP contribution in [0.5, 0.6) is 0 Å². The van der Waals surface area contributed by atoms with Crippen molar-refractivity contribution in [2.24, 2.45) is 0 Å². The Bertz CT molecular complexity index is 2100. The van der Waals surface area contributed by atoms with Gasteiger partial charge in [-0.1, -0.05) is 60.7 Å². The smallest absolute Gasteiger partial charge is 0.337 e. The molecule has 1 aromatic heterocycles. The summed E-state index contributed by atoms with van der Waals surface area (Å²) in [7, 11) is 1.34. The highest BCUT2D eigenvalue weighted by Crippen LogP contribution is 2.33. The second-order valence-corrected chi connectivity index (χ2v) is 11.4. The summed E-state index contributed by atoms with van der Waals surface area (Å²) in [4.78, 5) is 50.2. The van der Waals surface area contributed by atoms with Crippen LogP contribution in [0.3, 0.4) is 0 Å². The Morgan fingerprint density at radius 2 is 1.13 bits per heavy atom. The van der Waals surface area contributed by atoms with Crippen LogP contribution >= 0.6 is 11.3 Å². The van der Waals surface area contributed by atoms with Gasteiger partial charge in [0.25, 0.3) is 11.8 Å². The fourth-order valence-corrected chi connectivity index (χ4v) is 5.96. The molecule has 0 spiro atoms. The third-order valence-electron chi connectivity index (χ3n) is 7.46. The highest BCUT2D eigenvalue weighted by atomic mass is 32.1. The molecular weight excluding hydrogens is 600 g/mol. The number of carbonyl (C=O) groups excluding carboxylic acids is 3. The van der Waals surface area contributed by atoms with Gasteiger partial charge in [0.05, 0.1) is 23.2 Å². The van der Waals surface area contributed by atoms with Gasteiger partial charge in [-0.3, -0.25) is 9.59 Å². The van der Waals surface area contributed by atoms with Gasteiger partial charge >= 0.3 is 11.9 Å². The number of hydrogen-bond donors (Lipinski definition) is 3. The maximum atomic E-state index is 13.0. The van der Waals surface area contributed by atoms with E-state index in [1.807, 2.05) is 48.5 Å². The molecule has 226 valence electrons. The van der Waals surface area contributed by atoms with Crippen molar-refractivity contribution < 1.29 is 29.0 Å². The molecule has 0 fully saturated rings. The third kappa shape index (κ3) is 6.26. The zero-order valence-corrected chi connectivity index (χ0v) is 25.3. The molecule has 0 aliphatic carbocycles. The Kier molecular flexibility index (Phi) is 8.40. The van der Waals surface area contributed by atoms with Gasteiger partial charge in [-0.25, -0.2) is 9.59 Å². The molecule has 6 rings (SSSR count). The van der Waals surface area contributed by atoms with Crippen molar-refractivity contribution in [3.8, 4) is 21.6 Å². The summed E-state index contributed by atoms with van der Waals surface area (Å²) in [6.07, 6.45) is 0. The molecule has 3 N–H and O–H groups in total. The topological polar surface area (TPSA) is 122 Å². The van der Waals surface area contributed by atoms with E-state index in [4.69, 9.17) is 4.74 Å². The predicted octanol–water partition coefficient (Wildman–Crippen LogP) is 8.22. The second kappa shape index (κ2) is 12.9. The van der Waals surface area contributed by atoms with Crippen molar-refractivity contribution in [3.63, 3.8) is 0 Å². The number of fused-ring (bicyclic) bond motifs is 1. The Morgan fingerprint density at radius 3 is 1.72 bits per heavy atom. The summed E-state index contributed by atoms with van der Waals surface area (Å²) in [5, 5.41) is 17.2. The molecule has 0 bridgehead atoms. The normalized spacial score (nSPS) is 10.7. The van der Waals surface area contributed by atoms with E-state index in [0.29, 0.717) is 38.2 Å². The summed E-state index contributed by atoms with van der Waals surface area (Å²) < 4.78 is 4.74. The number of amides is 2. The molecule has 0 saturated heterocycles. The molecule has 1 heterocycles. The van der Waals surface area contributed by atoms with E-state index in [2.05, 4.69) is 10.6 Å². The van der Waals surface area contributed by atoms with Gasteiger partial charge < -0.3 is 20.5 Å². The van der Waals surface area contributed by atoms with Gasteiger partial charge in [-0.15, -0.1) is 11.3 Å². The lowest BCUT2D eigenvalue weighted by Gasteiger charge is -2.11. The Labute approximate surface area is 267 Å². The van der Waals surface area contributed by atoms with E-state index in [9.17, 15) is 24.3 Å². The molecule has 2 amide bonds. The van der Waals surface area contributed by atoms with E-state index in [1.165, 1.54) is 24.5 Å². The average molecular weight is 627 g/mol. The van der Waals surface area contributed by atoms with Crippen molar-refractivity contribution in [2.75, 3.05) is 17.7 Å². The number of anilines is 2. The molecule has 0 saturated carbocycles. The van der Waals surface area contributed by atoms with Crippen LogP contribution in [-0.4, -0.2) is 36.0 Å². The van der Waals surface area contributed by atoms with Crippen LogP contribution in [0.1, 0.15) is 41.4 Å². The first kappa shape index (κ1) is 30.0. The van der Waals surface area contributed by atoms with Gasteiger partial charge in [-0.05, 0) is 82.7 Å². The molecule has 0 aliphatic rings. The molecule has 8 nitrogen and oxygen atoms in total. The number of hydrogen-bond acceptors (Lipinski definition) is 6. The number of nitrogens with one attached hydrogen (secondary N) is 2. The fourth-order valence-electron chi connectivity index (χ4n) is 5.05. The maximum absolute atomic E-state index is 13.0. The zero-order valence-electron chi connectivity index (χ0n) is 24.4. The van der Waals surface area contributed by atoms with Gasteiger partial charge in [0.15, 0.2) is 0 Å². The number of thiophene rings is 1. The number of methoxy groups -OCH3 is 1. The number of aromatic carboxylic acids is 1. The molecule has 0 radical (unpaired) electrons. The largest absolute Gasteiger partial charge is 0.478 e. The lowest BCUT2D eigenvalue weighted by Crippen LogP contribution is -2.12. The molecule has 0 atom stereocenters. The Morgan fingerprint density at radius 1 is 0.587 bits per heavy atom. The van der Waals surface area contributed by atoms with Crippen LogP contribution < -0.4 is 10.6 Å². The third-order valence-corrected chi connectivity index (χ3v) is 8.51. The summed E-state index contributed by atoms with van der Waals surface area (Å²) in [5.41, 5.74) is 4.83. The SMILES string of the molecule is COC(=O)c1ccc(-c2ccc(C(=O)Nc3ccc(-c4ccc(C(=O)Nc5ccc(C(=O)O)c6ccccc56)cc4)s3)cc2)cc1. The Hall–Kier alpha value is -6.06.